The number of benzene rings is 2. The quantitative estimate of drug-likeness (QED) is 0.521. The molecule has 0 atom stereocenters. The van der Waals surface area contributed by atoms with Crippen LogP contribution in [0.25, 0.3) is 0 Å². The summed E-state index contributed by atoms with van der Waals surface area (Å²) in [6.07, 6.45) is 2.62. The van der Waals surface area contributed by atoms with E-state index in [1.807, 2.05) is 48.5 Å². The second kappa shape index (κ2) is 7.40. The summed E-state index contributed by atoms with van der Waals surface area (Å²) in [6.45, 7) is 0.669. The van der Waals surface area contributed by atoms with Crippen LogP contribution in [0.3, 0.4) is 0 Å². The average molecular weight is 283 g/mol. The molecule has 0 bridgehead atoms. The first-order chi connectivity index (χ1) is 9.75. The molecule has 4 heteroatoms. The van der Waals surface area contributed by atoms with Crippen molar-refractivity contribution in [3.05, 3.63) is 71.8 Å². The lowest BCUT2D eigenvalue weighted by Crippen LogP contribution is -2.32. The molecule has 0 fully saturated rings. The first kappa shape index (κ1) is 14.2. The summed E-state index contributed by atoms with van der Waals surface area (Å²) in [5.41, 5.74) is 7.97. The molecule has 3 nitrogen and oxygen atoms in total. The fourth-order valence-electron chi connectivity index (χ4n) is 1.78. The van der Waals surface area contributed by atoms with Gasteiger partial charge < -0.3 is 5.73 Å². The smallest absolute Gasteiger partial charge is 0.186 e. The number of thiocarbonyl (C=S) groups is 1. The fourth-order valence-corrected chi connectivity index (χ4v) is 1.92. The molecule has 0 amide bonds. The predicted molar refractivity (Wildman–Crippen MR) is 87.7 cm³/mol. The fraction of sp³-hybridized carbons (Fsp3) is 0.125. The SMILES string of the molecule is NC(=S)N(CCc1ccccc1)/N=C\c1ccccc1. The molecule has 0 radical (unpaired) electrons. The van der Waals surface area contributed by atoms with Crippen molar-refractivity contribution in [2.24, 2.45) is 10.8 Å². The Balaban J connectivity index is 1.97. The lowest BCUT2D eigenvalue weighted by molar-refractivity contribution is 0.455. The normalized spacial score (nSPS) is 10.6. The minimum absolute atomic E-state index is 0.285. The van der Waals surface area contributed by atoms with Gasteiger partial charge in [0.25, 0.3) is 0 Å². The first-order valence-electron chi connectivity index (χ1n) is 6.45. The van der Waals surface area contributed by atoms with Crippen molar-refractivity contribution in [1.82, 2.24) is 5.01 Å². The average Bonchev–Trinajstić information content (AvgIpc) is 2.49. The van der Waals surface area contributed by atoms with E-state index in [1.54, 1.807) is 11.2 Å². The Morgan fingerprint density at radius 3 is 2.25 bits per heavy atom. The molecule has 2 N–H and O–H groups in total. The van der Waals surface area contributed by atoms with E-state index in [0.29, 0.717) is 6.54 Å². The van der Waals surface area contributed by atoms with Crippen LogP contribution < -0.4 is 5.73 Å². The Morgan fingerprint density at radius 1 is 1.05 bits per heavy atom. The molecule has 20 heavy (non-hydrogen) atoms. The highest BCUT2D eigenvalue weighted by molar-refractivity contribution is 7.80. The number of hydrogen-bond acceptors (Lipinski definition) is 2. The van der Waals surface area contributed by atoms with Crippen LogP contribution in [0.2, 0.25) is 0 Å². The third kappa shape index (κ3) is 4.48. The molecule has 2 rings (SSSR count). The van der Waals surface area contributed by atoms with E-state index in [4.69, 9.17) is 18.0 Å². The third-order valence-corrected chi connectivity index (χ3v) is 3.07. The molecule has 0 aromatic heterocycles. The van der Waals surface area contributed by atoms with Gasteiger partial charge in [-0.3, -0.25) is 0 Å². The van der Waals surface area contributed by atoms with Gasteiger partial charge in [-0.1, -0.05) is 60.7 Å². The van der Waals surface area contributed by atoms with Gasteiger partial charge in [0, 0.05) is 6.54 Å². The van der Waals surface area contributed by atoms with E-state index in [2.05, 4.69) is 17.2 Å². The van der Waals surface area contributed by atoms with Gasteiger partial charge in [0.2, 0.25) is 0 Å². The minimum atomic E-state index is 0.285. The van der Waals surface area contributed by atoms with Crippen molar-refractivity contribution < 1.29 is 0 Å². The van der Waals surface area contributed by atoms with Crippen LogP contribution >= 0.6 is 12.2 Å². The highest BCUT2D eigenvalue weighted by atomic mass is 32.1. The largest absolute Gasteiger partial charge is 0.375 e. The molecule has 0 unspecified atom stereocenters. The summed E-state index contributed by atoms with van der Waals surface area (Å²) in [7, 11) is 0. The van der Waals surface area contributed by atoms with Crippen LogP contribution in [-0.2, 0) is 6.42 Å². The summed E-state index contributed by atoms with van der Waals surface area (Å²) < 4.78 is 0. The van der Waals surface area contributed by atoms with Crippen LogP contribution in [0.5, 0.6) is 0 Å². The first-order valence-corrected chi connectivity index (χ1v) is 6.86. The van der Waals surface area contributed by atoms with E-state index in [9.17, 15) is 0 Å². The Bertz CT molecular complexity index is 567. The van der Waals surface area contributed by atoms with Gasteiger partial charge in [-0.05, 0) is 29.8 Å². The summed E-state index contributed by atoms with van der Waals surface area (Å²) in [5.74, 6) is 0. The lowest BCUT2D eigenvalue weighted by Gasteiger charge is -2.16. The molecular weight excluding hydrogens is 266 g/mol. The highest BCUT2D eigenvalue weighted by Crippen LogP contribution is 2.02. The number of hydrazone groups is 1. The molecule has 2 aromatic rings. The highest BCUT2D eigenvalue weighted by Gasteiger charge is 2.04. The molecule has 0 spiro atoms. The summed E-state index contributed by atoms with van der Waals surface area (Å²) in [6, 6.07) is 20.1. The second-order valence-electron chi connectivity index (χ2n) is 4.35. The van der Waals surface area contributed by atoms with Crippen LogP contribution in [-0.4, -0.2) is 22.9 Å². The van der Waals surface area contributed by atoms with Gasteiger partial charge in [0.15, 0.2) is 5.11 Å². The second-order valence-corrected chi connectivity index (χ2v) is 4.77. The summed E-state index contributed by atoms with van der Waals surface area (Å²) >= 11 is 5.04. The molecule has 0 aliphatic heterocycles. The van der Waals surface area contributed by atoms with Crippen molar-refractivity contribution in [3.63, 3.8) is 0 Å². The van der Waals surface area contributed by atoms with Gasteiger partial charge >= 0.3 is 0 Å². The minimum Gasteiger partial charge on any atom is -0.375 e. The predicted octanol–water partition coefficient (Wildman–Crippen LogP) is 2.81. The molecule has 0 saturated carbocycles. The van der Waals surface area contributed by atoms with Gasteiger partial charge in [0.1, 0.15) is 0 Å². The number of rotatable bonds is 5. The van der Waals surface area contributed by atoms with Crippen molar-refractivity contribution in [2.75, 3.05) is 6.54 Å². The zero-order valence-corrected chi connectivity index (χ0v) is 12.0. The van der Waals surface area contributed by atoms with E-state index in [0.717, 1.165) is 12.0 Å². The standard InChI is InChI=1S/C16H17N3S/c17-16(20)19(12-11-14-7-3-1-4-8-14)18-13-15-9-5-2-6-10-15/h1-10,13H,11-12H2,(H2,17,20)/b18-13-. The molecule has 0 saturated heterocycles. The van der Waals surface area contributed by atoms with Gasteiger partial charge in [-0.2, -0.15) is 5.10 Å². The van der Waals surface area contributed by atoms with Crippen molar-refractivity contribution in [2.45, 2.75) is 6.42 Å². The van der Waals surface area contributed by atoms with Crippen LogP contribution in [0.4, 0.5) is 0 Å². The summed E-state index contributed by atoms with van der Waals surface area (Å²) in [5, 5.41) is 6.28. The number of hydrogen-bond donors (Lipinski definition) is 1. The van der Waals surface area contributed by atoms with Crippen molar-refractivity contribution in [3.8, 4) is 0 Å². The molecule has 0 aliphatic rings. The maximum Gasteiger partial charge on any atom is 0.186 e. The van der Waals surface area contributed by atoms with E-state index < -0.39 is 0 Å². The Kier molecular flexibility index (Phi) is 5.26. The van der Waals surface area contributed by atoms with E-state index >= 15 is 0 Å². The molecule has 102 valence electrons. The summed E-state index contributed by atoms with van der Waals surface area (Å²) in [4.78, 5) is 0. The maximum atomic E-state index is 5.71. The van der Waals surface area contributed by atoms with Crippen LogP contribution in [0, 0.1) is 0 Å². The van der Waals surface area contributed by atoms with Gasteiger partial charge in [-0.25, -0.2) is 5.01 Å². The monoisotopic (exact) mass is 283 g/mol. The van der Waals surface area contributed by atoms with Crippen molar-refractivity contribution in [1.29, 1.82) is 0 Å². The topological polar surface area (TPSA) is 41.6 Å². The zero-order chi connectivity index (χ0) is 14.2. The van der Waals surface area contributed by atoms with E-state index in [1.165, 1.54) is 5.56 Å². The Morgan fingerprint density at radius 2 is 1.65 bits per heavy atom. The van der Waals surface area contributed by atoms with E-state index in [-0.39, 0.29) is 5.11 Å². The van der Waals surface area contributed by atoms with Gasteiger partial charge in [0.05, 0.1) is 6.21 Å². The maximum absolute atomic E-state index is 5.71. The zero-order valence-electron chi connectivity index (χ0n) is 11.1. The van der Waals surface area contributed by atoms with Crippen LogP contribution in [0.1, 0.15) is 11.1 Å². The lowest BCUT2D eigenvalue weighted by atomic mass is 10.1. The van der Waals surface area contributed by atoms with Gasteiger partial charge in [-0.15, -0.1) is 0 Å². The number of nitrogens with zero attached hydrogens (tertiary/aromatic N) is 2. The number of nitrogens with two attached hydrogens (primary N) is 1. The third-order valence-electron chi connectivity index (χ3n) is 2.86. The van der Waals surface area contributed by atoms with Crippen LogP contribution in [0.15, 0.2) is 65.8 Å². The Hall–Kier alpha value is -2.20. The molecular formula is C16H17N3S. The van der Waals surface area contributed by atoms with Crippen molar-refractivity contribution >= 4 is 23.5 Å². The molecule has 0 aliphatic carbocycles. The molecule has 0 heterocycles. The molecule has 2 aromatic carbocycles. The Labute approximate surface area is 124 Å².